The van der Waals surface area contributed by atoms with Gasteiger partial charge in [-0.3, -0.25) is 14.6 Å². The molecule has 1 heterocycles. The molecule has 9 nitrogen and oxygen atoms in total. The minimum Gasteiger partial charge on any atom is -0.496 e. The summed E-state index contributed by atoms with van der Waals surface area (Å²) in [7, 11) is -2.33. The van der Waals surface area contributed by atoms with Crippen LogP contribution in [0.3, 0.4) is 0 Å². The molecule has 0 aliphatic heterocycles. The Hall–Kier alpha value is -2.98. The van der Waals surface area contributed by atoms with Crippen LogP contribution in [0.2, 0.25) is 0 Å². The van der Waals surface area contributed by atoms with Crippen LogP contribution in [0.25, 0.3) is 0 Å². The third-order valence-corrected chi connectivity index (χ3v) is 6.39. The molecule has 0 bridgehead atoms. The van der Waals surface area contributed by atoms with Crippen LogP contribution >= 0.6 is 0 Å². The van der Waals surface area contributed by atoms with Crippen molar-refractivity contribution in [2.45, 2.75) is 25.2 Å². The van der Waals surface area contributed by atoms with E-state index in [1.54, 1.807) is 32.2 Å². The van der Waals surface area contributed by atoms with Crippen molar-refractivity contribution >= 4 is 27.5 Å². The highest BCUT2D eigenvalue weighted by Crippen LogP contribution is 2.24. The largest absolute Gasteiger partial charge is 0.496 e. The number of methoxy groups -OCH3 is 1. The van der Waals surface area contributed by atoms with Crippen LogP contribution in [0.15, 0.2) is 47.6 Å². The van der Waals surface area contributed by atoms with Crippen LogP contribution in [-0.4, -0.2) is 56.3 Å². The van der Waals surface area contributed by atoms with Gasteiger partial charge in [-0.2, -0.15) is 4.31 Å². The molecule has 0 unspecified atom stereocenters. The molecular formula is C20H26N4O5S. The molecule has 0 fully saturated rings. The number of pyridine rings is 1. The molecule has 10 heteroatoms. The molecule has 0 saturated carbocycles. The van der Waals surface area contributed by atoms with Gasteiger partial charge in [0, 0.05) is 32.3 Å². The number of sulfonamides is 1. The zero-order valence-electron chi connectivity index (χ0n) is 17.2. The predicted molar refractivity (Wildman–Crippen MR) is 113 cm³/mol. The van der Waals surface area contributed by atoms with Crippen molar-refractivity contribution in [3.8, 4) is 5.75 Å². The number of rotatable bonds is 10. The number of ether oxygens (including phenoxy) is 1. The van der Waals surface area contributed by atoms with Crippen LogP contribution in [0.1, 0.15) is 30.6 Å². The van der Waals surface area contributed by atoms with Gasteiger partial charge < -0.3 is 15.4 Å². The van der Waals surface area contributed by atoms with Crippen LogP contribution < -0.4 is 15.4 Å². The fraction of sp³-hybridized carbons (Fsp3) is 0.350. The lowest BCUT2D eigenvalue weighted by atomic mass is 10.2. The van der Waals surface area contributed by atoms with Gasteiger partial charge in [0.25, 0.3) is 5.91 Å². The summed E-state index contributed by atoms with van der Waals surface area (Å²) >= 11 is 0. The Kier molecular flexibility index (Phi) is 8.31. The highest BCUT2D eigenvalue weighted by atomic mass is 32.2. The quantitative estimate of drug-likeness (QED) is 0.590. The summed E-state index contributed by atoms with van der Waals surface area (Å²) in [6, 6.07) is 7.54. The topological polar surface area (TPSA) is 118 Å². The molecule has 162 valence electrons. The molecule has 2 aromatic rings. The molecule has 0 saturated heterocycles. The molecule has 2 N–H and O–H groups in total. The number of hydrogen-bond acceptors (Lipinski definition) is 6. The van der Waals surface area contributed by atoms with Crippen LogP contribution in [0.4, 0.5) is 5.69 Å². The normalized spacial score (nSPS) is 11.2. The van der Waals surface area contributed by atoms with Crippen molar-refractivity contribution < 1.29 is 22.7 Å². The summed E-state index contributed by atoms with van der Waals surface area (Å²) < 4.78 is 32.0. The summed E-state index contributed by atoms with van der Waals surface area (Å²) in [4.78, 5) is 28.5. The van der Waals surface area contributed by atoms with Crippen LogP contribution in [-0.2, 0) is 14.8 Å². The van der Waals surface area contributed by atoms with Gasteiger partial charge in [-0.1, -0.05) is 13.8 Å². The zero-order valence-corrected chi connectivity index (χ0v) is 18.0. The number of aromatic nitrogens is 1. The minimum atomic E-state index is -3.72. The smallest absolute Gasteiger partial charge is 0.255 e. The van der Waals surface area contributed by atoms with E-state index in [1.807, 2.05) is 0 Å². The van der Waals surface area contributed by atoms with Crippen LogP contribution in [0.5, 0.6) is 5.75 Å². The van der Waals surface area contributed by atoms with Gasteiger partial charge in [0.05, 0.1) is 29.5 Å². The Morgan fingerprint density at radius 3 is 2.50 bits per heavy atom. The number of anilines is 1. The van der Waals surface area contributed by atoms with Gasteiger partial charge in [-0.15, -0.1) is 0 Å². The molecule has 1 aromatic heterocycles. The maximum atomic E-state index is 12.7. The van der Waals surface area contributed by atoms with Gasteiger partial charge in [0.1, 0.15) is 5.75 Å². The number of carbonyl (C=O) groups excluding carboxylic acids is 2. The minimum absolute atomic E-state index is 0.00599. The molecule has 0 atom stereocenters. The van der Waals surface area contributed by atoms with Crippen molar-refractivity contribution in [3.05, 3.63) is 48.3 Å². The Morgan fingerprint density at radius 2 is 1.90 bits per heavy atom. The third-order valence-electron chi connectivity index (χ3n) is 4.34. The number of hydrogen-bond donors (Lipinski definition) is 2. The summed E-state index contributed by atoms with van der Waals surface area (Å²) in [6.07, 6.45) is 3.15. The van der Waals surface area contributed by atoms with Gasteiger partial charge in [-0.25, -0.2) is 8.42 Å². The van der Waals surface area contributed by atoms with Crippen molar-refractivity contribution in [1.29, 1.82) is 0 Å². The van der Waals surface area contributed by atoms with Gasteiger partial charge in [-0.05, 0) is 30.3 Å². The van der Waals surface area contributed by atoms with E-state index in [4.69, 9.17) is 4.74 Å². The third kappa shape index (κ3) is 5.77. The van der Waals surface area contributed by atoms with Crippen molar-refractivity contribution in [2.75, 3.05) is 32.1 Å². The molecule has 2 amide bonds. The number of nitrogens with one attached hydrogen (secondary N) is 2. The van der Waals surface area contributed by atoms with E-state index in [0.29, 0.717) is 18.8 Å². The number of carbonyl (C=O) groups is 2. The van der Waals surface area contributed by atoms with E-state index in [0.717, 1.165) is 0 Å². The Labute approximate surface area is 176 Å². The lowest BCUT2D eigenvalue weighted by molar-refractivity contribution is -0.116. The van der Waals surface area contributed by atoms with Gasteiger partial charge in [0.2, 0.25) is 15.9 Å². The second kappa shape index (κ2) is 10.7. The van der Waals surface area contributed by atoms with Gasteiger partial charge >= 0.3 is 0 Å². The van der Waals surface area contributed by atoms with E-state index >= 15 is 0 Å². The summed E-state index contributed by atoms with van der Waals surface area (Å²) in [5.41, 5.74) is 0.642. The second-order valence-corrected chi connectivity index (χ2v) is 8.19. The monoisotopic (exact) mass is 434 g/mol. The predicted octanol–water partition coefficient (Wildman–Crippen LogP) is 1.88. The molecular weight excluding hydrogens is 408 g/mol. The standard InChI is InChI=1S/C20H26N4O5S/c1-4-24(5-2)30(27,28)16-8-9-18(29-3)17(13-16)20(26)22-12-10-19(25)23-15-7-6-11-21-14-15/h6-9,11,13-14H,4-5,10,12H2,1-3H3,(H,22,26)(H,23,25). The van der Waals surface area contributed by atoms with Crippen LogP contribution in [0, 0.1) is 0 Å². The first kappa shape index (κ1) is 23.3. The number of amides is 2. The molecule has 0 spiro atoms. The molecule has 0 aliphatic rings. The molecule has 0 aliphatic carbocycles. The van der Waals surface area contributed by atoms with E-state index < -0.39 is 15.9 Å². The van der Waals surface area contributed by atoms with E-state index in [1.165, 1.54) is 35.8 Å². The highest BCUT2D eigenvalue weighted by Gasteiger charge is 2.24. The fourth-order valence-electron chi connectivity index (χ4n) is 2.78. The molecule has 0 radical (unpaired) electrons. The summed E-state index contributed by atoms with van der Waals surface area (Å²) in [6.45, 7) is 4.20. The lowest BCUT2D eigenvalue weighted by Gasteiger charge is -2.19. The first-order valence-corrected chi connectivity index (χ1v) is 10.9. The number of nitrogens with zero attached hydrogens (tertiary/aromatic N) is 2. The SMILES string of the molecule is CCN(CC)S(=O)(=O)c1ccc(OC)c(C(=O)NCCC(=O)Nc2cccnc2)c1. The Morgan fingerprint density at radius 1 is 1.17 bits per heavy atom. The van der Waals surface area contributed by atoms with Crippen molar-refractivity contribution in [1.82, 2.24) is 14.6 Å². The molecule has 30 heavy (non-hydrogen) atoms. The second-order valence-electron chi connectivity index (χ2n) is 6.25. The summed E-state index contributed by atoms with van der Waals surface area (Å²) in [5, 5.41) is 5.29. The molecule has 2 rings (SSSR count). The fourth-order valence-corrected chi connectivity index (χ4v) is 4.27. The first-order valence-electron chi connectivity index (χ1n) is 9.49. The Bertz CT molecular complexity index is 976. The first-order chi connectivity index (χ1) is 14.3. The highest BCUT2D eigenvalue weighted by molar-refractivity contribution is 7.89. The molecule has 1 aromatic carbocycles. The van der Waals surface area contributed by atoms with E-state index in [9.17, 15) is 18.0 Å². The maximum absolute atomic E-state index is 12.7. The van der Waals surface area contributed by atoms with E-state index in [-0.39, 0.29) is 35.1 Å². The Balaban J connectivity index is 2.08. The maximum Gasteiger partial charge on any atom is 0.255 e. The van der Waals surface area contributed by atoms with Gasteiger partial charge in [0.15, 0.2) is 0 Å². The van der Waals surface area contributed by atoms with E-state index in [2.05, 4.69) is 15.6 Å². The zero-order chi connectivity index (χ0) is 22.1. The van der Waals surface area contributed by atoms with Crippen molar-refractivity contribution in [3.63, 3.8) is 0 Å². The lowest BCUT2D eigenvalue weighted by Crippen LogP contribution is -2.31. The van der Waals surface area contributed by atoms with Crippen molar-refractivity contribution in [2.24, 2.45) is 0 Å². The average molecular weight is 435 g/mol. The average Bonchev–Trinajstić information content (AvgIpc) is 2.74. The summed E-state index contributed by atoms with van der Waals surface area (Å²) in [5.74, 6) is -0.573. The number of benzene rings is 1.